The van der Waals surface area contributed by atoms with E-state index < -0.39 is 0 Å². The number of nitrogens with zero attached hydrogens (tertiary/aromatic N) is 2. The number of benzene rings is 2. The second-order valence-corrected chi connectivity index (χ2v) is 6.66. The molecule has 2 N–H and O–H groups in total. The fraction of sp³-hybridized carbons (Fsp3) is 0.190. The zero-order valence-corrected chi connectivity index (χ0v) is 15.3. The molecule has 0 saturated carbocycles. The average Bonchev–Trinajstić information content (AvgIpc) is 3.14. The van der Waals surface area contributed by atoms with Gasteiger partial charge in [0, 0.05) is 24.0 Å². The Morgan fingerprint density at radius 1 is 0.926 bits per heavy atom. The number of hydrogen-bond donors (Lipinski definition) is 2. The van der Waals surface area contributed by atoms with Crippen molar-refractivity contribution in [3.8, 4) is 5.69 Å². The van der Waals surface area contributed by atoms with Crippen LogP contribution in [0.25, 0.3) is 5.69 Å². The summed E-state index contributed by atoms with van der Waals surface area (Å²) >= 11 is 0. The molecule has 6 heteroatoms. The topological polar surface area (TPSA) is 76.0 Å². The van der Waals surface area contributed by atoms with Gasteiger partial charge in [0.15, 0.2) is 5.69 Å². The maximum Gasteiger partial charge on any atom is 0.276 e. The Bertz CT molecular complexity index is 915. The fourth-order valence-corrected chi connectivity index (χ4v) is 2.58. The third-order valence-electron chi connectivity index (χ3n) is 3.86. The summed E-state index contributed by atoms with van der Waals surface area (Å²) in [6, 6.07) is 18.3. The number of rotatable bonds is 6. The summed E-state index contributed by atoms with van der Waals surface area (Å²) in [5.41, 5.74) is 2.55. The molecular formula is C21H22N4O2. The Morgan fingerprint density at radius 3 is 2.19 bits per heavy atom. The first-order chi connectivity index (χ1) is 13.0. The van der Waals surface area contributed by atoms with Gasteiger partial charge in [-0.25, -0.2) is 4.68 Å². The number of hydrogen-bond acceptors (Lipinski definition) is 3. The third-order valence-corrected chi connectivity index (χ3v) is 3.86. The van der Waals surface area contributed by atoms with E-state index in [9.17, 15) is 9.59 Å². The fourth-order valence-electron chi connectivity index (χ4n) is 2.58. The smallest absolute Gasteiger partial charge is 0.276 e. The molecule has 0 spiro atoms. The summed E-state index contributed by atoms with van der Waals surface area (Å²) in [6.45, 7) is 3.99. The van der Waals surface area contributed by atoms with E-state index in [-0.39, 0.29) is 11.8 Å². The average molecular weight is 362 g/mol. The minimum atomic E-state index is -0.290. The lowest BCUT2D eigenvalue weighted by atomic mass is 10.1. The SMILES string of the molecule is CC(C)CC(=O)Nc1ccc(NC(=O)c2ccn(-c3ccccc3)n2)cc1. The van der Waals surface area contributed by atoms with E-state index in [1.807, 2.05) is 44.2 Å². The standard InChI is InChI=1S/C21H22N4O2/c1-15(2)14-20(26)22-16-8-10-17(11-9-16)23-21(27)19-12-13-25(24-19)18-6-4-3-5-7-18/h3-13,15H,14H2,1-2H3,(H,22,26)(H,23,27). The molecule has 27 heavy (non-hydrogen) atoms. The highest BCUT2D eigenvalue weighted by molar-refractivity contribution is 6.03. The van der Waals surface area contributed by atoms with Crippen LogP contribution >= 0.6 is 0 Å². The molecule has 3 aromatic rings. The lowest BCUT2D eigenvalue weighted by Gasteiger charge is -2.08. The molecule has 138 valence electrons. The number of amides is 2. The molecule has 1 heterocycles. The van der Waals surface area contributed by atoms with Crippen molar-refractivity contribution in [2.45, 2.75) is 20.3 Å². The third kappa shape index (κ3) is 5.04. The Hall–Kier alpha value is -3.41. The van der Waals surface area contributed by atoms with E-state index in [0.29, 0.717) is 29.4 Å². The van der Waals surface area contributed by atoms with Gasteiger partial charge in [0.25, 0.3) is 5.91 Å². The Labute approximate surface area is 158 Å². The summed E-state index contributed by atoms with van der Waals surface area (Å²) < 4.78 is 1.66. The first kappa shape index (κ1) is 18.4. The van der Waals surface area contributed by atoms with Crippen molar-refractivity contribution in [1.82, 2.24) is 9.78 Å². The molecule has 0 radical (unpaired) electrons. The van der Waals surface area contributed by atoms with Gasteiger partial charge in [0.1, 0.15) is 0 Å². The highest BCUT2D eigenvalue weighted by Crippen LogP contribution is 2.16. The molecule has 2 aromatic carbocycles. The summed E-state index contributed by atoms with van der Waals surface area (Å²) in [7, 11) is 0. The van der Waals surface area contributed by atoms with Gasteiger partial charge < -0.3 is 10.6 Å². The predicted molar refractivity (Wildman–Crippen MR) is 106 cm³/mol. The van der Waals surface area contributed by atoms with Crippen molar-refractivity contribution >= 4 is 23.2 Å². The van der Waals surface area contributed by atoms with Crippen molar-refractivity contribution < 1.29 is 9.59 Å². The number of nitrogens with one attached hydrogen (secondary N) is 2. The van der Waals surface area contributed by atoms with Crippen molar-refractivity contribution in [2.75, 3.05) is 10.6 Å². The van der Waals surface area contributed by atoms with Crippen molar-refractivity contribution in [1.29, 1.82) is 0 Å². The molecular weight excluding hydrogens is 340 g/mol. The second kappa shape index (κ2) is 8.31. The molecule has 0 saturated heterocycles. The van der Waals surface area contributed by atoms with Crippen LogP contribution in [0.1, 0.15) is 30.8 Å². The van der Waals surface area contributed by atoms with Crippen LogP contribution in [0.3, 0.4) is 0 Å². The van der Waals surface area contributed by atoms with Gasteiger partial charge in [-0.3, -0.25) is 9.59 Å². The highest BCUT2D eigenvalue weighted by Gasteiger charge is 2.11. The first-order valence-corrected chi connectivity index (χ1v) is 8.83. The molecule has 3 rings (SSSR count). The first-order valence-electron chi connectivity index (χ1n) is 8.83. The zero-order valence-electron chi connectivity index (χ0n) is 15.3. The molecule has 0 bridgehead atoms. The van der Waals surface area contributed by atoms with Crippen molar-refractivity contribution in [2.24, 2.45) is 5.92 Å². The number of carbonyl (C=O) groups is 2. The lowest BCUT2D eigenvalue weighted by molar-refractivity contribution is -0.116. The van der Waals surface area contributed by atoms with Gasteiger partial charge >= 0.3 is 0 Å². The minimum Gasteiger partial charge on any atom is -0.326 e. The molecule has 0 aliphatic carbocycles. The van der Waals surface area contributed by atoms with Gasteiger partial charge in [-0.1, -0.05) is 32.0 Å². The van der Waals surface area contributed by atoms with Crippen LogP contribution in [0, 0.1) is 5.92 Å². The molecule has 6 nitrogen and oxygen atoms in total. The highest BCUT2D eigenvalue weighted by atomic mass is 16.2. The van der Waals surface area contributed by atoms with E-state index in [4.69, 9.17) is 0 Å². The van der Waals surface area contributed by atoms with Crippen LogP contribution in [0.4, 0.5) is 11.4 Å². The van der Waals surface area contributed by atoms with Gasteiger partial charge in [0.2, 0.25) is 5.91 Å². The summed E-state index contributed by atoms with van der Waals surface area (Å²) in [5, 5.41) is 9.96. The summed E-state index contributed by atoms with van der Waals surface area (Å²) in [5.74, 6) is -0.00577. The Balaban J connectivity index is 1.61. The quantitative estimate of drug-likeness (QED) is 0.693. The van der Waals surface area contributed by atoms with E-state index in [2.05, 4.69) is 15.7 Å². The number of para-hydroxylation sites is 1. The number of anilines is 2. The van der Waals surface area contributed by atoms with Crippen LogP contribution in [0.5, 0.6) is 0 Å². The van der Waals surface area contributed by atoms with Crippen molar-refractivity contribution in [3.63, 3.8) is 0 Å². The van der Waals surface area contributed by atoms with E-state index in [1.54, 1.807) is 41.2 Å². The van der Waals surface area contributed by atoms with Gasteiger partial charge in [0.05, 0.1) is 5.69 Å². The number of carbonyl (C=O) groups excluding carboxylic acids is 2. The van der Waals surface area contributed by atoms with Gasteiger partial charge in [-0.15, -0.1) is 0 Å². The number of aromatic nitrogens is 2. The van der Waals surface area contributed by atoms with Crippen LogP contribution in [0.2, 0.25) is 0 Å². The summed E-state index contributed by atoms with van der Waals surface area (Å²) in [4.78, 5) is 24.2. The van der Waals surface area contributed by atoms with Crippen LogP contribution in [-0.2, 0) is 4.79 Å². The normalized spacial score (nSPS) is 10.6. The second-order valence-electron chi connectivity index (χ2n) is 6.66. The minimum absolute atomic E-state index is 0.0202. The van der Waals surface area contributed by atoms with Crippen molar-refractivity contribution in [3.05, 3.63) is 72.6 Å². The van der Waals surface area contributed by atoms with Crippen LogP contribution in [-0.4, -0.2) is 21.6 Å². The monoisotopic (exact) mass is 362 g/mol. The van der Waals surface area contributed by atoms with Gasteiger partial charge in [-0.2, -0.15) is 5.10 Å². The lowest BCUT2D eigenvalue weighted by Crippen LogP contribution is -2.14. The molecule has 0 aliphatic rings. The van der Waals surface area contributed by atoms with E-state index in [1.165, 1.54) is 0 Å². The Morgan fingerprint density at radius 2 is 1.56 bits per heavy atom. The molecule has 0 unspecified atom stereocenters. The van der Waals surface area contributed by atoms with Gasteiger partial charge in [-0.05, 0) is 48.4 Å². The molecule has 0 fully saturated rings. The van der Waals surface area contributed by atoms with E-state index >= 15 is 0 Å². The maximum absolute atomic E-state index is 12.4. The molecule has 0 atom stereocenters. The molecule has 1 aromatic heterocycles. The van der Waals surface area contributed by atoms with Crippen LogP contribution < -0.4 is 10.6 Å². The molecule has 2 amide bonds. The Kier molecular flexibility index (Phi) is 5.66. The molecule has 0 aliphatic heterocycles. The summed E-state index contributed by atoms with van der Waals surface area (Å²) in [6.07, 6.45) is 2.22. The predicted octanol–water partition coefficient (Wildman–Crippen LogP) is 4.11. The van der Waals surface area contributed by atoms with Crippen LogP contribution in [0.15, 0.2) is 66.9 Å². The largest absolute Gasteiger partial charge is 0.326 e. The van der Waals surface area contributed by atoms with E-state index in [0.717, 1.165) is 5.69 Å². The maximum atomic E-state index is 12.4. The zero-order chi connectivity index (χ0) is 19.2.